The summed E-state index contributed by atoms with van der Waals surface area (Å²) in [7, 11) is 1.89. The van der Waals surface area contributed by atoms with Gasteiger partial charge in [0, 0.05) is 18.8 Å². The predicted octanol–water partition coefficient (Wildman–Crippen LogP) is 2.56. The molecule has 102 valence electrons. The van der Waals surface area contributed by atoms with Crippen LogP contribution in [0.2, 0.25) is 0 Å². The minimum absolute atomic E-state index is 0.0253. The lowest BCUT2D eigenvalue weighted by atomic mass is 10.0. The molecule has 0 fully saturated rings. The minimum Gasteiger partial charge on any atom is -0.323 e. The van der Waals surface area contributed by atoms with Crippen molar-refractivity contribution in [1.82, 2.24) is 14.8 Å². The molecule has 1 aromatic heterocycles. The molecule has 1 atom stereocenters. The maximum absolute atomic E-state index is 6.21. The molecule has 0 saturated heterocycles. The Kier molecular flexibility index (Phi) is 4.99. The number of hydrogen-bond donors (Lipinski definition) is 1. The number of nitrogens with zero attached hydrogens (tertiary/aromatic N) is 3. The summed E-state index contributed by atoms with van der Waals surface area (Å²) in [4.78, 5) is 4.18. The van der Waals surface area contributed by atoms with Gasteiger partial charge >= 0.3 is 0 Å². The first-order chi connectivity index (χ1) is 9.20. The molecule has 0 bridgehead atoms. The van der Waals surface area contributed by atoms with Gasteiger partial charge in [0.15, 0.2) is 5.16 Å². The van der Waals surface area contributed by atoms with E-state index in [0.717, 1.165) is 17.3 Å². The van der Waals surface area contributed by atoms with Crippen LogP contribution in [0.25, 0.3) is 0 Å². The first-order valence-electron chi connectivity index (χ1n) is 6.52. The van der Waals surface area contributed by atoms with Gasteiger partial charge in [0.1, 0.15) is 6.33 Å². The van der Waals surface area contributed by atoms with E-state index in [1.54, 1.807) is 22.8 Å². The summed E-state index contributed by atoms with van der Waals surface area (Å²) in [5.74, 6) is 0.805. The molecule has 0 amide bonds. The van der Waals surface area contributed by atoms with Gasteiger partial charge in [-0.15, -0.1) is 0 Å². The molecule has 0 radical (unpaired) electrons. The predicted molar refractivity (Wildman–Crippen MR) is 79.1 cm³/mol. The van der Waals surface area contributed by atoms with E-state index < -0.39 is 0 Å². The average molecular weight is 276 g/mol. The van der Waals surface area contributed by atoms with E-state index in [1.807, 2.05) is 7.05 Å². The summed E-state index contributed by atoms with van der Waals surface area (Å²) >= 11 is 1.64. The topological polar surface area (TPSA) is 56.7 Å². The van der Waals surface area contributed by atoms with Gasteiger partial charge in [-0.3, -0.25) is 0 Å². The Morgan fingerprint density at radius 1 is 1.32 bits per heavy atom. The molecule has 0 saturated carbocycles. The molecule has 0 aliphatic rings. The van der Waals surface area contributed by atoms with E-state index in [9.17, 15) is 0 Å². The van der Waals surface area contributed by atoms with E-state index >= 15 is 0 Å². The average Bonchev–Trinajstić information content (AvgIpc) is 2.83. The molecule has 0 spiro atoms. The molecule has 1 unspecified atom stereocenters. The molecule has 2 rings (SSSR count). The van der Waals surface area contributed by atoms with Gasteiger partial charge in [-0.25, -0.2) is 9.67 Å². The van der Waals surface area contributed by atoms with E-state index in [1.165, 1.54) is 17.5 Å². The van der Waals surface area contributed by atoms with Crippen LogP contribution in [0.3, 0.4) is 0 Å². The highest BCUT2D eigenvalue weighted by Crippen LogP contribution is 2.21. The SMILES string of the molecule is CCCc1ccc(C(N)CSc2ncnn2C)cc1. The number of thioether (sulfide) groups is 1. The molecule has 5 heteroatoms. The number of aromatic nitrogens is 3. The van der Waals surface area contributed by atoms with E-state index in [2.05, 4.69) is 41.3 Å². The van der Waals surface area contributed by atoms with Crippen LogP contribution in [-0.2, 0) is 13.5 Å². The normalized spacial score (nSPS) is 12.6. The summed E-state index contributed by atoms with van der Waals surface area (Å²) in [6, 6.07) is 8.63. The molecule has 1 heterocycles. The van der Waals surface area contributed by atoms with Gasteiger partial charge in [-0.05, 0) is 17.5 Å². The van der Waals surface area contributed by atoms with Crippen molar-refractivity contribution < 1.29 is 0 Å². The Hall–Kier alpha value is -1.33. The lowest BCUT2D eigenvalue weighted by Crippen LogP contribution is -2.13. The summed E-state index contributed by atoms with van der Waals surface area (Å²) in [6.45, 7) is 2.19. The summed E-state index contributed by atoms with van der Waals surface area (Å²) in [6.07, 6.45) is 3.87. The maximum Gasteiger partial charge on any atom is 0.185 e. The fourth-order valence-electron chi connectivity index (χ4n) is 1.90. The van der Waals surface area contributed by atoms with Gasteiger partial charge < -0.3 is 5.73 Å². The van der Waals surface area contributed by atoms with Gasteiger partial charge in [0.05, 0.1) is 0 Å². The van der Waals surface area contributed by atoms with Crippen LogP contribution in [0.1, 0.15) is 30.5 Å². The second-order valence-electron chi connectivity index (χ2n) is 4.58. The van der Waals surface area contributed by atoms with Crippen molar-refractivity contribution >= 4 is 11.8 Å². The Morgan fingerprint density at radius 2 is 2.05 bits per heavy atom. The summed E-state index contributed by atoms with van der Waals surface area (Å²) < 4.78 is 1.77. The molecule has 1 aromatic carbocycles. The fraction of sp³-hybridized carbons (Fsp3) is 0.429. The van der Waals surface area contributed by atoms with Gasteiger partial charge in [-0.1, -0.05) is 49.4 Å². The first-order valence-corrected chi connectivity index (χ1v) is 7.50. The smallest absolute Gasteiger partial charge is 0.185 e. The highest BCUT2D eigenvalue weighted by molar-refractivity contribution is 7.99. The highest BCUT2D eigenvalue weighted by Gasteiger charge is 2.09. The third-order valence-electron chi connectivity index (χ3n) is 3.01. The highest BCUT2D eigenvalue weighted by atomic mass is 32.2. The zero-order chi connectivity index (χ0) is 13.7. The monoisotopic (exact) mass is 276 g/mol. The van der Waals surface area contributed by atoms with Crippen molar-refractivity contribution in [3.05, 3.63) is 41.7 Å². The molecule has 4 nitrogen and oxygen atoms in total. The van der Waals surface area contributed by atoms with Crippen LogP contribution in [0.4, 0.5) is 0 Å². The number of nitrogens with two attached hydrogens (primary N) is 1. The van der Waals surface area contributed by atoms with E-state index in [0.29, 0.717) is 0 Å². The van der Waals surface area contributed by atoms with Crippen LogP contribution >= 0.6 is 11.8 Å². The second kappa shape index (κ2) is 6.73. The molecular weight excluding hydrogens is 256 g/mol. The van der Waals surface area contributed by atoms with Gasteiger partial charge in [0.2, 0.25) is 0 Å². The second-order valence-corrected chi connectivity index (χ2v) is 5.56. The Balaban J connectivity index is 1.92. The maximum atomic E-state index is 6.21. The molecule has 2 aromatic rings. The third-order valence-corrected chi connectivity index (χ3v) is 4.16. The summed E-state index contributed by atoms with van der Waals surface area (Å²) in [5, 5.41) is 4.94. The Bertz CT molecular complexity index is 506. The Labute approximate surface area is 118 Å². The van der Waals surface area contributed by atoms with Crippen LogP contribution in [-0.4, -0.2) is 20.5 Å². The molecule has 0 aliphatic carbocycles. The molecular formula is C14H20N4S. The lowest BCUT2D eigenvalue weighted by Gasteiger charge is -2.11. The standard InChI is InChI=1S/C14H20N4S/c1-3-4-11-5-7-12(8-6-11)13(15)9-19-14-16-10-17-18(14)2/h5-8,10,13H,3-4,9,15H2,1-2H3. The summed E-state index contributed by atoms with van der Waals surface area (Å²) in [5.41, 5.74) is 8.76. The number of hydrogen-bond acceptors (Lipinski definition) is 4. The van der Waals surface area contributed by atoms with Crippen molar-refractivity contribution in [2.75, 3.05) is 5.75 Å². The van der Waals surface area contributed by atoms with Crippen LogP contribution in [0.15, 0.2) is 35.7 Å². The lowest BCUT2D eigenvalue weighted by molar-refractivity contribution is 0.683. The zero-order valence-corrected chi connectivity index (χ0v) is 12.2. The van der Waals surface area contributed by atoms with Crippen molar-refractivity contribution in [3.8, 4) is 0 Å². The van der Waals surface area contributed by atoms with Crippen LogP contribution in [0, 0.1) is 0 Å². The zero-order valence-electron chi connectivity index (χ0n) is 11.4. The minimum atomic E-state index is 0.0253. The molecule has 19 heavy (non-hydrogen) atoms. The van der Waals surface area contributed by atoms with Crippen molar-refractivity contribution in [1.29, 1.82) is 0 Å². The fourth-order valence-corrected chi connectivity index (χ4v) is 2.77. The van der Waals surface area contributed by atoms with Crippen molar-refractivity contribution in [3.63, 3.8) is 0 Å². The van der Waals surface area contributed by atoms with Gasteiger partial charge in [-0.2, -0.15) is 5.10 Å². The first kappa shape index (κ1) is 14.1. The quantitative estimate of drug-likeness (QED) is 0.824. The van der Waals surface area contributed by atoms with Gasteiger partial charge in [0.25, 0.3) is 0 Å². The van der Waals surface area contributed by atoms with Crippen LogP contribution in [0.5, 0.6) is 0 Å². The largest absolute Gasteiger partial charge is 0.323 e. The molecule has 2 N–H and O–H groups in total. The third kappa shape index (κ3) is 3.81. The molecule has 0 aliphatic heterocycles. The number of aryl methyl sites for hydroxylation is 2. The van der Waals surface area contributed by atoms with Crippen molar-refractivity contribution in [2.24, 2.45) is 12.8 Å². The van der Waals surface area contributed by atoms with E-state index in [4.69, 9.17) is 5.73 Å². The number of rotatable bonds is 6. The number of benzene rings is 1. The van der Waals surface area contributed by atoms with Crippen molar-refractivity contribution in [2.45, 2.75) is 31.0 Å². The van der Waals surface area contributed by atoms with E-state index in [-0.39, 0.29) is 6.04 Å². The van der Waals surface area contributed by atoms with Crippen LogP contribution < -0.4 is 5.73 Å². The Morgan fingerprint density at radius 3 is 2.63 bits per heavy atom.